The molecule has 3 heterocycles. The number of nitrogens with zero attached hydrogens (tertiary/aromatic N) is 3. The van der Waals surface area contributed by atoms with Crippen molar-refractivity contribution in [1.29, 1.82) is 0 Å². The summed E-state index contributed by atoms with van der Waals surface area (Å²) >= 11 is 0. The average Bonchev–Trinajstić information content (AvgIpc) is 1.52. The molecule has 3 aliphatic heterocycles. The third kappa shape index (κ3) is 8.53. The molecule has 107 heavy (non-hydrogen) atoms. The molecule has 0 N–H and O–H groups in total. The third-order valence-electron chi connectivity index (χ3n) is 29.1. The molecule has 0 bridgehead atoms. The fraction of sp³-hybridized carbons (Fsp3) is 0.267. The van der Waals surface area contributed by atoms with Gasteiger partial charge in [-0.25, -0.2) is 0 Å². The Labute approximate surface area is 628 Å². The smallest absolute Gasteiger partial charge is 0.120 e. The Kier molecular flexibility index (Phi) is 13.9. The van der Waals surface area contributed by atoms with Crippen LogP contribution in [-0.4, -0.2) is 37.9 Å². The highest BCUT2D eigenvalue weighted by atomic mass is 16.5. The summed E-state index contributed by atoms with van der Waals surface area (Å²) in [6.45, 7) is 15.3. The van der Waals surface area contributed by atoms with Crippen LogP contribution in [0.25, 0.3) is 120 Å². The molecule has 6 atom stereocenters. The molecular weight excluding hydrogens is 1300 g/mol. The van der Waals surface area contributed by atoms with Gasteiger partial charge >= 0.3 is 0 Å². The Morgan fingerprint density at radius 3 is 0.963 bits per heavy atom. The van der Waals surface area contributed by atoms with Gasteiger partial charge in [0, 0.05) is 68.6 Å². The number of fused-ring (bicyclic) bond motifs is 15. The molecule has 0 amide bonds. The van der Waals surface area contributed by atoms with E-state index in [2.05, 4.69) is 299 Å². The van der Waals surface area contributed by atoms with E-state index in [-0.39, 0.29) is 32.9 Å². The first kappa shape index (κ1) is 64.6. The average molecular weight is 1390 g/mol. The van der Waals surface area contributed by atoms with Gasteiger partial charge in [0.25, 0.3) is 0 Å². The molecule has 15 aromatic rings. The van der Waals surface area contributed by atoms with E-state index in [0.717, 1.165) is 55.8 Å². The van der Waals surface area contributed by atoms with Crippen molar-refractivity contribution in [3.05, 3.63) is 259 Å². The van der Waals surface area contributed by atoms with Crippen LogP contribution in [0, 0.1) is 0 Å². The third-order valence-corrected chi connectivity index (χ3v) is 29.1. The van der Waals surface area contributed by atoms with Gasteiger partial charge in [0.1, 0.15) is 17.2 Å². The van der Waals surface area contributed by atoms with Gasteiger partial charge in [-0.1, -0.05) is 211 Å². The molecular formula is C101H91N3O3. The molecule has 6 heteroatoms. The molecule has 3 fully saturated rings. The number of anilines is 6. The summed E-state index contributed by atoms with van der Waals surface area (Å²) in [7, 11) is 5.36. The van der Waals surface area contributed by atoms with Crippen LogP contribution in [0.1, 0.15) is 135 Å². The molecule has 3 aliphatic carbocycles. The predicted molar refractivity (Wildman–Crippen MR) is 449 cm³/mol. The molecule has 528 valence electrons. The van der Waals surface area contributed by atoms with Gasteiger partial charge < -0.3 is 28.9 Å². The van der Waals surface area contributed by atoms with Crippen LogP contribution < -0.4 is 28.9 Å². The van der Waals surface area contributed by atoms with Gasteiger partial charge in [-0.3, -0.25) is 0 Å². The highest BCUT2D eigenvalue weighted by Gasteiger charge is 2.61. The maximum atomic E-state index is 5.95. The molecule has 6 unspecified atom stereocenters. The molecule has 0 saturated heterocycles. The normalized spacial score (nSPS) is 23.7. The Hall–Kier alpha value is -10.8. The number of rotatable bonds is 11. The Balaban J connectivity index is 0.844. The molecule has 3 saturated carbocycles. The van der Waals surface area contributed by atoms with Gasteiger partial charge in [-0.15, -0.1) is 0 Å². The Bertz CT molecular complexity index is 5930. The standard InChI is InChI=1S/C101H91N3O3/c1-96-50-16-19-53-99(96,4)102(67-30-22-33-70(59-67)105-7)84-47-38-64(56-81(84)96)73-41-44-78-89-76(73)36-25-37-77(89)92-87(62-26-12-10-13-27-62)94-79-45-42-74(65-39-48-85-82(57-65)97(2)51-17-20-54-100(97,5)103(85)68-31-23-34-71(60-68)106-8)90-75(43-46-80(91(79)90)95(94)88(93(78)92)63-28-14-11-15-29-63)66-40-49-86-83(58-66)98(3)52-18-21-55-101(98,6)104(86)69-32-24-35-72(61-69)107-9/h10-15,22-49,56-61H,16-21,50-55H2,1-9H3. The van der Waals surface area contributed by atoms with E-state index in [4.69, 9.17) is 14.2 Å². The van der Waals surface area contributed by atoms with Gasteiger partial charge in [-0.2, -0.15) is 0 Å². The highest BCUT2D eigenvalue weighted by molar-refractivity contribution is 6.47. The number of methoxy groups -OCH3 is 3. The van der Waals surface area contributed by atoms with Crippen LogP contribution in [0.3, 0.4) is 0 Å². The molecule has 0 spiro atoms. The minimum atomic E-state index is -0.147. The van der Waals surface area contributed by atoms with E-state index >= 15 is 0 Å². The largest absolute Gasteiger partial charge is 0.497 e. The molecule has 6 nitrogen and oxygen atoms in total. The molecule has 6 aliphatic rings. The van der Waals surface area contributed by atoms with Crippen molar-refractivity contribution in [2.45, 2.75) is 151 Å². The fourth-order valence-electron chi connectivity index (χ4n) is 23.3. The van der Waals surface area contributed by atoms with Gasteiger partial charge in [0.05, 0.1) is 37.9 Å². The van der Waals surface area contributed by atoms with Crippen LogP contribution in [-0.2, 0) is 16.2 Å². The Morgan fingerprint density at radius 2 is 0.579 bits per heavy atom. The maximum Gasteiger partial charge on any atom is 0.120 e. The number of hydrogen-bond acceptors (Lipinski definition) is 6. The lowest BCUT2D eigenvalue weighted by molar-refractivity contribution is 0.195. The summed E-state index contributed by atoms with van der Waals surface area (Å²) in [6.07, 6.45) is 14.0. The van der Waals surface area contributed by atoms with Crippen molar-refractivity contribution in [2.24, 2.45) is 0 Å². The van der Waals surface area contributed by atoms with Crippen molar-refractivity contribution < 1.29 is 14.2 Å². The van der Waals surface area contributed by atoms with Gasteiger partial charge in [-0.05, 0) is 269 Å². The van der Waals surface area contributed by atoms with Crippen molar-refractivity contribution in [1.82, 2.24) is 0 Å². The van der Waals surface area contributed by atoms with E-state index < -0.39 is 0 Å². The number of hydrogen-bond donors (Lipinski definition) is 0. The fourth-order valence-corrected chi connectivity index (χ4v) is 23.3. The van der Waals surface area contributed by atoms with E-state index in [1.807, 2.05) is 0 Å². The summed E-state index contributed by atoms with van der Waals surface area (Å²) in [5.74, 6) is 2.65. The lowest BCUT2D eigenvalue weighted by atomic mass is 9.61. The first-order chi connectivity index (χ1) is 52.1. The van der Waals surface area contributed by atoms with Crippen molar-refractivity contribution in [2.75, 3.05) is 36.0 Å². The van der Waals surface area contributed by atoms with Crippen molar-refractivity contribution in [3.8, 4) is 72.9 Å². The van der Waals surface area contributed by atoms with Crippen LogP contribution in [0.2, 0.25) is 0 Å². The topological polar surface area (TPSA) is 37.4 Å². The number of benzene rings is 13. The molecule has 21 rings (SSSR count). The summed E-state index contributed by atoms with van der Waals surface area (Å²) in [5.41, 5.74) is 23.8. The first-order valence-corrected chi connectivity index (χ1v) is 39.4. The second kappa shape index (κ2) is 23.1. The first-order valence-electron chi connectivity index (χ1n) is 39.4. The molecule has 0 aromatic heterocycles. The minimum absolute atomic E-state index is 0.0613. The lowest BCUT2D eigenvalue weighted by Gasteiger charge is -2.50. The zero-order valence-electron chi connectivity index (χ0n) is 63.1. The second-order valence-corrected chi connectivity index (χ2v) is 33.7. The van der Waals surface area contributed by atoms with Crippen molar-refractivity contribution in [3.63, 3.8) is 0 Å². The maximum absolute atomic E-state index is 5.95. The number of ether oxygens (including phenoxy) is 3. The van der Waals surface area contributed by atoms with E-state index in [0.29, 0.717) is 0 Å². The van der Waals surface area contributed by atoms with Gasteiger partial charge in [0.15, 0.2) is 0 Å². The van der Waals surface area contributed by atoms with E-state index in [9.17, 15) is 0 Å². The zero-order valence-corrected chi connectivity index (χ0v) is 63.1. The Morgan fingerprint density at radius 1 is 0.252 bits per heavy atom. The minimum Gasteiger partial charge on any atom is -0.497 e. The lowest BCUT2D eigenvalue weighted by Crippen LogP contribution is -2.54. The van der Waals surface area contributed by atoms with Gasteiger partial charge in [0.2, 0.25) is 0 Å². The monoisotopic (exact) mass is 1390 g/mol. The van der Waals surface area contributed by atoms with Crippen molar-refractivity contribution >= 4 is 98.8 Å². The summed E-state index contributed by atoms with van der Waals surface area (Å²) in [6, 6.07) is 94.1. The summed E-state index contributed by atoms with van der Waals surface area (Å²) < 4.78 is 17.8. The predicted octanol–water partition coefficient (Wildman–Crippen LogP) is 27.1. The molecule has 0 radical (unpaired) electrons. The van der Waals surface area contributed by atoms with E-state index in [1.165, 1.54) is 210 Å². The highest BCUT2D eigenvalue weighted by Crippen LogP contribution is 2.67. The molecule has 15 aromatic carbocycles. The zero-order chi connectivity index (χ0) is 72.3. The van der Waals surface area contributed by atoms with Crippen LogP contribution >= 0.6 is 0 Å². The second-order valence-electron chi connectivity index (χ2n) is 33.7. The van der Waals surface area contributed by atoms with Crippen LogP contribution in [0.4, 0.5) is 34.1 Å². The SMILES string of the molecule is COc1cccc(N2c3ccc(-c4ccc5c6c(-c7ccccc7)c7c8ccc(-c9ccc%10c(c9)C9(C)CCCCC9(C)N%10c9cccc(OC)c9)c9c(-c%10ccc%11c(c%10)C%10(C)CCCCC%10(C)N%11c%10cccc(OC)c%10)ccc(c7c(-c7ccccc7)c6c6cccc4c65)c98)cc3C3(C)CCCCC23C)c1. The van der Waals surface area contributed by atoms with Crippen LogP contribution in [0.15, 0.2) is 243 Å². The van der Waals surface area contributed by atoms with Crippen LogP contribution in [0.5, 0.6) is 17.2 Å². The summed E-state index contributed by atoms with van der Waals surface area (Å²) in [5, 5.41) is 15.7. The quantitative estimate of drug-likeness (QED) is 0.128. The summed E-state index contributed by atoms with van der Waals surface area (Å²) in [4.78, 5) is 8.04. The van der Waals surface area contributed by atoms with E-state index in [1.54, 1.807) is 21.3 Å².